The summed E-state index contributed by atoms with van der Waals surface area (Å²) in [4.78, 5) is 23.7. The van der Waals surface area contributed by atoms with E-state index in [9.17, 15) is 9.59 Å². The highest BCUT2D eigenvalue weighted by Crippen LogP contribution is 2.36. The van der Waals surface area contributed by atoms with Gasteiger partial charge in [0.15, 0.2) is 10.9 Å². The zero-order valence-corrected chi connectivity index (χ0v) is 16.3. The average molecular weight is 346 g/mol. The lowest BCUT2D eigenvalue weighted by Gasteiger charge is -2.33. The molecule has 0 aromatic heterocycles. The minimum Gasteiger partial charge on any atom is -0.353 e. The molecule has 5 nitrogen and oxygen atoms in total. The first-order valence-electron chi connectivity index (χ1n) is 8.06. The van der Waals surface area contributed by atoms with Crippen molar-refractivity contribution < 1.29 is 19.1 Å². The van der Waals surface area contributed by atoms with Gasteiger partial charge in [-0.25, -0.2) is 0 Å². The lowest BCUT2D eigenvalue weighted by molar-refractivity contribution is -0.141. The van der Waals surface area contributed by atoms with Gasteiger partial charge in [0.05, 0.1) is 6.61 Å². The molecule has 0 bridgehead atoms. The summed E-state index contributed by atoms with van der Waals surface area (Å²) < 4.78 is 11.2. The van der Waals surface area contributed by atoms with E-state index in [-0.39, 0.29) is 22.5 Å². The summed E-state index contributed by atoms with van der Waals surface area (Å²) in [6.45, 7) is 14.3. The Morgan fingerprint density at radius 1 is 1.26 bits per heavy atom. The van der Waals surface area contributed by atoms with Crippen LogP contribution in [0.5, 0.6) is 0 Å². The second kappa shape index (κ2) is 7.53. The summed E-state index contributed by atoms with van der Waals surface area (Å²) in [6, 6.07) is 0. The summed E-state index contributed by atoms with van der Waals surface area (Å²) in [5.41, 5.74) is -0.595. The molecule has 6 heteroatoms. The van der Waals surface area contributed by atoms with E-state index in [1.807, 2.05) is 27.7 Å². The minimum absolute atomic E-state index is 0.00621. The van der Waals surface area contributed by atoms with Gasteiger partial charge in [0.1, 0.15) is 6.10 Å². The van der Waals surface area contributed by atoms with E-state index in [4.69, 9.17) is 9.47 Å². The molecule has 0 aromatic rings. The Bertz CT molecular complexity index is 446. The maximum atomic E-state index is 12.5. The lowest BCUT2D eigenvalue weighted by atomic mass is 9.75. The van der Waals surface area contributed by atoms with Gasteiger partial charge in [-0.2, -0.15) is 0 Å². The number of hydrogen-bond acceptors (Lipinski definition) is 5. The van der Waals surface area contributed by atoms with Gasteiger partial charge in [0.2, 0.25) is 5.91 Å². The molecule has 0 aromatic carbocycles. The molecule has 0 spiro atoms. The lowest BCUT2D eigenvalue weighted by Crippen LogP contribution is -2.43. The molecule has 1 fully saturated rings. The smallest absolute Gasteiger partial charge is 0.225 e. The number of rotatable bonds is 7. The summed E-state index contributed by atoms with van der Waals surface area (Å²) in [5, 5.41) is 3.08. The molecule has 1 N–H and O–H groups in total. The highest BCUT2D eigenvalue weighted by atomic mass is 32.2. The summed E-state index contributed by atoms with van der Waals surface area (Å²) in [5.74, 6) is 0.149. The van der Waals surface area contributed by atoms with Crippen LogP contribution in [0.4, 0.5) is 0 Å². The van der Waals surface area contributed by atoms with Crippen molar-refractivity contribution in [2.45, 2.75) is 66.8 Å². The van der Waals surface area contributed by atoms with Crippen LogP contribution >= 0.6 is 11.8 Å². The number of thioether (sulfide) groups is 1. The predicted octanol–water partition coefficient (Wildman–Crippen LogP) is 2.98. The standard InChI is InChI=1S/C17H31NO4S/c1-12(19)23-11-15(2,3)10-16(4,5)14(20)18-8-13-9-21-17(6,7)22-13/h13H,8-11H2,1-7H3,(H,18,20). The van der Waals surface area contributed by atoms with Crippen molar-refractivity contribution in [2.75, 3.05) is 18.9 Å². The van der Waals surface area contributed by atoms with Crippen LogP contribution in [0.25, 0.3) is 0 Å². The molecule has 1 atom stereocenters. The highest BCUT2D eigenvalue weighted by molar-refractivity contribution is 8.13. The Morgan fingerprint density at radius 3 is 2.35 bits per heavy atom. The molecule has 1 amide bonds. The van der Waals surface area contributed by atoms with Gasteiger partial charge >= 0.3 is 0 Å². The minimum atomic E-state index is -0.573. The zero-order valence-electron chi connectivity index (χ0n) is 15.4. The van der Waals surface area contributed by atoms with E-state index in [0.717, 1.165) is 0 Å². The SMILES string of the molecule is CC(=O)SCC(C)(C)CC(C)(C)C(=O)NCC1COC(C)(C)O1. The van der Waals surface area contributed by atoms with Crippen LogP contribution in [0, 0.1) is 10.8 Å². The zero-order chi connectivity index (χ0) is 17.9. The molecule has 23 heavy (non-hydrogen) atoms. The van der Waals surface area contributed by atoms with Gasteiger partial charge in [-0.15, -0.1) is 0 Å². The molecule has 134 valence electrons. The fraction of sp³-hybridized carbons (Fsp3) is 0.882. The first kappa shape index (κ1) is 20.5. The molecule has 0 aliphatic carbocycles. The number of amides is 1. The van der Waals surface area contributed by atoms with Crippen LogP contribution in [-0.2, 0) is 19.1 Å². The average Bonchev–Trinajstić information content (AvgIpc) is 2.72. The molecule has 1 aliphatic rings. The van der Waals surface area contributed by atoms with Gasteiger partial charge in [0, 0.05) is 24.6 Å². The topological polar surface area (TPSA) is 64.6 Å². The molecule has 1 saturated heterocycles. The van der Waals surface area contributed by atoms with Crippen LogP contribution in [0.1, 0.15) is 54.9 Å². The molecule has 0 saturated carbocycles. The van der Waals surface area contributed by atoms with E-state index < -0.39 is 11.2 Å². The number of carbonyl (C=O) groups is 2. The molecule has 1 rings (SSSR count). The normalized spacial score (nSPS) is 21.3. The quantitative estimate of drug-likeness (QED) is 0.768. The van der Waals surface area contributed by atoms with Gasteiger partial charge in [-0.1, -0.05) is 39.5 Å². The van der Waals surface area contributed by atoms with Crippen LogP contribution in [0.3, 0.4) is 0 Å². The van der Waals surface area contributed by atoms with E-state index >= 15 is 0 Å². The molecule has 0 radical (unpaired) electrons. The number of carbonyl (C=O) groups excluding carboxylic acids is 2. The Morgan fingerprint density at radius 2 is 1.87 bits per heavy atom. The van der Waals surface area contributed by atoms with E-state index in [1.54, 1.807) is 6.92 Å². The third-order valence-corrected chi connectivity index (χ3v) is 5.09. The first-order valence-corrected chi connectivity index (χ1v) is 9.05. The van der Waals surface area contributed by atoms with Crippen molar-refractivity contribution in [3.63, 3.8) is 0 Å². The number of ether oxygens (including phenoxy) is 2. The molecular formula is C17H31NO4S. The Balaban J connectivity index is 2.48. The molecular weight excluding hydrogens is 314 g/mol. The van der Waals surface area contributed by atoms with Gasteiger partial charge in [-0.3, -0.25) is 9.59 Å². The van der Waals surface area contributed by atoms with Crippen molar-refractivity contribution in [3.8, 4) is 0 Å². The predicted molar refractivity (Wildman–Crippen MR) is 93.2 cm³/mol. The third kappa shape index (κ3) is 7.23. The molecule has 1 aliphatic heterocycles. The summed E-state index contributed by atoms with van der Waals surface area (Å²) in [7, 11) is 0. The van der Waals surface area contributed by atoms with E-state index in [0.29, 0.717) is 25.3 Å². The number of hydrogen-bond donors (Lipinski definition) is 1. The van der Waals surface area contributed by atoms with Crippen LogP contribution < -0.4 is 5.32 Å². The van der Waals surface area contributed by atoms with Crippen molar-refractivity contribution >= 4 is 22.8 Å². The maximum Gasteiger partial charge on any atom is 0.225 e. The second-order valence-corrected chi connectivity index (χ2v) is 9.32. The fourth-order valence-corrected chi connectivity index (χ4v) is 3.63. The Labute approximate surface area is 144 Å². The summed E-state index contributed by atoms with van der Waals surface area (Å²) in [6.07, 6.45) is 0.602. The van der Waals surface area contributed by atoms with Crippen LogP contribution in [0.15, 0.2) is 0 Å². The van der Waals surface area contributed by atoms with Crippen molar-refractivity contribution in [1.82, 2.24) is 5.32 Å². The first-order chi connectivity index (χ1) is 10.3. The van der Waals surface area contributed by atoms with E-state index in [1.165, 1.54) is 11.8 Å². The van der Waals surface area contributed by atoms with Crippen molar-refractivity contribution in [3.05, 3.63) is 0 Å². The van der Waals surface area contributed by atoms with Crippen LogP contribution in [-0.4, -0.2) is 41.8 Å². The Kier molecular flexibility index (Phi) is 6.70. The van der Waals surface area contributed by atoms with Gasteiger partial charge in [0.25, 0.3) is 0 Å². The maximum absolute atomic E-state index is 12.5. The molecule has 1 heterocycles. The Hall–Kier alpha value is -0.590. The largest absolute Gasteiger partial charge is 0.353 e. The van der Waals surface area contributed by atoms with Crippen molar-refractivity contribution in [2.24, 2.45) is 10.8 Å². The van der Waals surface area contributed by atoms with E-state index in [2.05, 4.69) is 19.2 Å². The van der Waals surface area contributed by atoms with Crippen LogP contribution in [0.2, 0.25) is 0 Å². The highest BCUT2D eigenvalue weighted by Gasteiger charge is 2.37. The third-order valence-electron chi connectivity index (χ3n) is 3.76. The van der Waals surface area contributed by atoms with Gasteiger partial charge in [-0.05, 0) is 25.7 Å². The fourth-order valence-electron chi connectivity index (χ4n) is 2.93. The van der Waals surface area contributed by atoms with Gasteiger partial charge < -0.3 is 14.8 Å². The number of nitrogens with one attached hydrogen (secondary N) is 1. The summed E-state index contributed by atoms with van der Waals surface area (Å²) >= 11 is 1.32. The second-order valence-electron chi connectivity index (χ2n) is 8.17. The monoisotopic (exact) mass is 345 g/mol. The van der Waals surface area contributed by atoms with Crippen molar-refractivity contribution in [1.29, 1.82) is 0 Å². The molecule has 1 unspecified atom stereocenters.